The Labute approximate surface area is 321 Å². The zero-order valence-electron chi connectivity index (χ0n) is 31.1. The van der Waals surface area contributed by atoms with Crippen LogP contribution in [0.3, 0.4) is 0 Å². The molecule has 0 aliphatic heterocycles. The second kappa shape index (κ2) is 24.1. The van der Waals surface area contributed by atoms with Gasteiger partial charge in [-0.25, -0.2) is 21.8 Å². The second-order valence-electron chi connectivity index (χ2n) is 13.5. The van der Waals surface area contributed by atoms with Crippen LogP contribution in [-0.4, -0.2) is 65.8 Å². The number of hydrogen-bond donors (Lipinski definition) is 6. The number of nitrogens with one attached hydrogen (secondary N) is 4. The number of amides is 4. The van der Waals surface area contributed by atoms with Crippen molar-refractivity contribution in [1.29, 1.82) is 0 Å². The van der Waals surface area contributed by atoms with Crippen molar-refractivity contribution in [2.45, 2.75) is 89.6 Å². The molecule has 1 aliphatic carbocycles. The van der Waals surface area contributed by atoms with E-state index in [1.54, 1.807) is 17.2 Å². The summed E-state index contributed by atoms with van der Waals surface area (Å²) in [5.74, 6) is -0.967. The molecule has 0 unspecified atom stereocenters. The van der Waals surface area contributed by atoms with Crippen LogP contribution in [-0.2, 0) is 4.74 Å². The van der Waals surface area contributed by atoms with E-state index in [4.69, 9.17) is 19.9 Å². The van der Waals surface area contributed by atoms with Crippen molar-refractivity contribution in [1.82, 2.24) is 21.8 Å². The van der Waals surface area contributed by atoms with E-state index in [2.05, 4.69) is 21.1 Å². The normalized spacial score (nSPS) is 15.5. The molecule has 1 fully saturated rings. The number of hydrogen-bond acceptors (Lipinski definition) is 10. The van der Waals surface area contributed by atoms with Crippen LogP contribution < -0.4 is 26.5 Å². The molecule has 55 heavy (non-hydrogen) atoms. The number of ether oxygens (including phenoxy) is 2. The highest BCUT2D eigenvalue weighted by Gasteiger charge is 2.20. The van der Waals surface area contributed by atoms with Crippen LogP contribution in [0.5, 0.6) is 5.75 Å². The summed E-state index contributed by atoms with van der Waals surface area (Å²) in [5, 5.41) is 25.5. The molecule has 3 aromatic rings. The maximum absolute atomic E-state index is 12.3. The van der Waals surface area contributed by atoms with Gasteiger partial charge in [-0.2, -0.15) is 10.2 Å². The van der Waals surface area contributed by atoms with Crippen molar-refractivity contribution in [2.24, 2.45) is 16.1 Å². The molecule has 4 amide bonds. The summed E-state index contributed by atoms with van der Waals surface area (Å²) in [5.41, 5.74) is 10.1. The lowest BCUT2D eigenvalue weighted by atomic mass is 9.88. The average molecular weight is 757 g/mol. The lowest BCUT2D eigenvalue weighted by Gasteiger charge is -2.26. The van der Waals surface area contributed by atoms with Gasteiger partial charge in [-0.15, -0.1) is 0 Å². The first-order chi connectivity index (χ1) is 26.9. The van der Waals surface area contributed by atoms with E-state index in [-0.39, 0.29) is 17.0 Å². The summed E-state index contributed by atoms with van der Waals surface area (Å²) >= 11 is 0. The molecule has 0 saturated heterocycles. The molecule has 0 aromatic heterocycles. The predicted molar refractivity (Wildman–Crippen MR) is 208 cm³/mol. The second-order valence-corrected chi connectivity index (χ2v) is 13.5. The van der Waals surface area contributed by atoms with E-state index in [0.717, 1.165) is 62.9 Å². The van der Waals surface area contributed by atoms with Gasteiger partial charge in [0, 0.05) is 35.1 Å². The van der Waals surface area contributed by atoms with Crippen molar-refractivity contribution in [3.8, 4) is 5.75 Å². The fourth-order valence-corrected chi connectivity index (χ4v) is 6.11. The first-order valence-electron chi connectivity index (χ1n) is 19.0. The molecule has 4 rings (SSSR count). The molecule has 0 heterocycles. The lowest BCUT2D eigenvalue weighted by molar-refractivity contribution is 0.0219. The monoisotopic (exact) mass is 756 g/mol. The Morgan fingerprint density at radius 3 is 1.49 bits per heavy atom. The van der Waals surface area contributed by atoms with Gasteiger partial charge < -0.3 is 9.47 Å². The van der Waals surface area contributed by atoms with Gasteiger partial charge in [0.05, 0.1) is 18.9 Å². The first-order valence-corrected chi connectivity index (χ1v) is 19.0. The Balaban J connectivity index is 0.928. The fourth-order valence-electron chi connectivity index (χ4n) is 6.11. The van der Waals surface area contributed by atoms with Crippen molar-refractivity contribution in [3.05, 3.63) is 101 Å². The molecule has 0 atom stereocenters. The average Bonchev–Trinajstić information content (AvgIpc) is 3.23. The van der Waals surface area contributed by atoms with E-state index in [9.17, 15) is 19.2 Å². The molecular formula is C41H52N6O8. The van der Waals surface area contributed by atoms with Gasteiger partial charge in [-0.1, -0.05) is 44.9 Å². The topological polar surface area (TPSA) is 200 Å². The number of nitrogens with zero attached hydrogens (tertiary/aromatic N) is 2. The Morgan fingerprint density at radius 2 is 1.00 bits per heavy atom. The Hall–Kier alpha value is -5.44. The van der Waals surface area contributed by atoms with Crippen LogP contribution in [0.1, 0.15) is 130 Å². The number of rotatable bonds is 22. The van der Waals surface area contributed by atoms with E-state index < -0.39 is 17.7 Å². The molecule has 6 N–H and O–H groups in total. The Bertz CT molecular complexity index is 1690. The summed E-state index contributed by atoms with van der Waals surface area (Å²) in [6, 6.07) is 19.2. The Kier molecular flexibility index (Phi) is 18.5. The third-order valence-electron chi connectivity index (χ3n) is 9.36. The number of carbonyl (C=O) groups excluding carboxylic acids is 4. The first kappa shape index (κ1) is 42.3. The largest absolute Gasteiger partial charge is 0.494 e. The molecule has 294 valence electrons. The number of benzene rings is 3. The minimum atomic E-state index is -0.653. The molecule has 3 aromatic carbocycles. The fraction of sp³-hybridized carbons (Fsp3) is 0.415. The van der Waals surface area contributed by atoms with E-state index >= 15 is 0 Å². The SMILES string of the molecule is O=C(NO)c1ccc(C(=O)N/N=C/c2ccc(OCCCCCCCCCCCOC3CCC(/C=N/NC(=O)c4ccc(C(=O)NO)cc4)CC3)cc2)cc1. The number of carbonyl (C=O) groups is 4. The van der Waals surface area contributed by atoms with Gasteiger partial charge in [0.25, 0.3) is 23.6 Å². The molecule has 0 radical (unpaired) electrons. The van der Waals surface area contributed by atoms with E-state index in [0.29, 0.717) is 29.8 Å². The van der Waals surface area contributed by atoms with Crippen LogP contribution in [0, 0.1) is 5.92 Å². The molecule has 14 heteroatoms. The molecule has 1 aliphatic rings. The minimum Gasteiger partial charge on any atom is -0.494 e. The van der Waals surface area contributed by atoms with Crippen LogP contribution in [0.4, 0.5) is 0 Å². The predicted octanol–water partition coefficient (Wildman–Crippen LogP) is 6.57. The Morgan fingerprint density at radius 1 is 0.564 bits per heavy atom. The summed E-state index contributed by atoms with van der Waals surface area (Å²) in [6.45, 7) is 1.47. The van der Waals surface area contributed by atoms with Gasteiger partial charge in [-0.3, -0.25) is 29.6 Å². The van der Waals surface area contributed by atoms with Crippen LogP contribution in [0.2, 0.25) is 0 Å². The quantitative estimate of drug-likeness (QED) is 0.0286. The summed E-state index contributed by atoms with van der Waals surface area (Å²) in [6.07, 6.45) is 18.2. The van der Waals surface area contributed by atoms with Gasteiger partial charge in [-0.05, 0) is 123 Å². The van der Waals surface area contributed by atoms with Gasteiger partial charge in [0.2, 0.25) is 0 Å². The molecule has 0 spiro atoms. The van der Waals surface area contributed by atoms with Crippen molar-refractivity contribution >= 4 is 36.1 Å². The van der Waals surface area contributed by atoms with Crippen LogP contribution in [0.25, 0.3) is 0 Å². The zero-order chi connectivity index (χ0) is 39.1. The number of hydrazone groups is 2. The van der Waals surface area contributed by atoms with Crippen LogP contribution in [0.15, 0.2) is 83.0 Å². The van der Waals surface area contributed by atoms with E-state index in [1.165, 1.54) is 93.3 Å². The van der Waals surface area contributed by atoms with E-state index in [1.807, 2.05) is 24.3 Å². The van der Waals surface area contributed by atoms with Crippen molar-refractivity contribution in [3.63, 3.8) is 0 Å². The molecular weight excluding hydrogens is 704 g/mol. The third kappa shape index (κ3) is 15.4. The number of unbranched alkanes of at least 4 members (excludes halogenated alkanes) is 8. The minimum absolute atomic E-state index is 0.233. The van der Waals surface area contributed by atoms with Crippen LogP contribution >= 0.6 is 0 Å². The van der Waals surface area contributed by atoms with Crippen molar-refractivity contribution in [2.75, 3.05) is 13.2 Å². The smallest absolute Gasteiger partial charge is 0.274 e. The maximum Gasteiger partial charge on any atom is 0.274 e. The van der Waals surface area contributed by atoms with Crippen molar-refractivity contribution < 1.29 is 39.1 Å². The highest BCUT2D eigenvalue weighted by molar-refractivity contribution is 5.98. The highest BCUT2D eigenvalue weighted by Crippen LogP contribution is 2.25. The maximum atomic E-state index is 12.3. The van der Waals surface area contributed by atoms with Gasteiger partial charge >= 0.3 is 0 Å². The molecule has 1 saturated carbocycles. The molecule has 14 nitrogen and oxygen atoms in total. The lowest BCUT2D eigenvalue weighted by Crippen LogP contribution is -2.24. The zero-order valence-corrected chi connectivity index (χ0v) is 31.1. The summed E-state index contributed by atoms with van der Waals surface area (Å²) in [7, 11) is 0. The summed E-state index contributed by atoms with van der Waals surface area (Å²) in [4.78, 5) is 47.3. The summed E-state index contributed by atoms with van der Waals surface area (Å²) < 4.78 is 12.0. The standard InChI is InChI=1S/C41H52N6O8/c48-38(32-14-18-34(19-15-32)40(50)46-52)44-42-28-30-10-22-36(23-11-30)54-26-8-6-4-2-1-3-5-7-9-27-55-37-24-12-31(13-25-37)29-43-45-39(49)33-16-20-35(21-17-33)41(51)47-53/h10-11,14-23,28-29,31,37,52-53H,1-9,12-13,24-27H2,(H,44,48)(H,45,49)(H,46,50)(H,47,51)/b42-28+,43-29+. The number of hydroxylamine groups is 2. The third-order valence-corrected chi connectivity index (χ3v) is 9.36. The van der Waals surface area contributed by atoms with Gasteiger partial charge in [0.15, 0.2) is 0 Å². The highest BCUT2D eigenvalue weighted by atomic mass is 16.5. The molecule has 0 bridgehead atoms. The van der Waals surface area contributed by atoms with Gasteiger partial charge in [0.1, 0.15) is 5.75 Å².